The second kappa shape index (κ2) is 6.26. The first-order chi connectivity index (χ1) is 8.60. The molecule has 0 aromatic heterocycles. The molecule has 0 saturated heterocycles. The summed E-state index contributed by atoms with van der Waals surface area (Å²) in [5.74, 6) is 0.330. The van der Waals surface area contributed by atoms with Crippen LogP contribution in [0.25, 0.3) is 0 Å². The van der Waals surface area contributed by atoms with Crippen molar-refractivity contribution in [2.45, 2.75) is 13.0 Å². The van der Waals surface area contributed by atoms with E-state index in [0.29, 0.717) is 0 Å². The molecule has 1 N–H and O–H groups in total. The third-order valence-corrected chi connectivity index (χ3v) is 2.14. The number of carboxylic acid groups (broad SMARTS) is 1. The molecule has 1 atom stereocenters. The summed E-state index contributed by atoms with van der Waals surface area (Å²) in [7, 11) is 0. The smallest absolute Gasteiger partial charge is 0.340 e. The van der Waals surface area contributed by atoms with Crippen LogP contribution >= 0.6 is 0 Å². The summed E-state index contributed by atoms with van der Waals surface area (Å²) >= 11 is 0. The van der Waals surface area contributed by atoms with Crippen molar-refractivity contribution < 1.29 is 19.4 Å². The molecular weight excluding hydrogens is 232 g/mol. The number of ether oxygens (including phenoxy) is 1. The zero-order chi connectivity index (χ0) is 13.5. The van der Waals surface area contributed by atoms with Crippen LogP contribution in [0.15, 0.2) is 36.4 Å². The first kappa shape index (κ1) is 13.5. The Labute approximate surface area is 105 Å². The molecule has 4 heteroatoms. The minimum atomic E-state index is -1.19. The Morgan fingerprint density at radius 2 is 2.00 bits per heavy atom. The maximum atomic E-state index is 11.8. The molecule has 0 radical (unpaired) electrons. The van der Waals surface area contributed by atoms with Crippen molar-refractivity contribution in [1.82, 2.24) is 0 Å². The first-order valence-corrected chi connectivity index (χ1v) is 5.22. The van der Waals surface area contributed by atoms with Crippen LogP contribution in [-0.4, -0.2) is 23.1 Å². The highest BCUT2D eigenvalue weighted by Gasteiger charge is 2.18. The lowest BCUT2D eigenvalue weighted by Gasteiger charge is -2.09. The van der Waals surface area contributed by atoms with Crippen LogP contribution in [-0.2, 0) is 4.74 Å². The van der Waals surface area contributed by atoms with Gasteiger partial charge in [-0.1, -0.05) is 24.1 Å². The summed E-state index contributed by atoms with van der Waals surface area (Å²) < 4.78 is 4.99. The van der Waals surface area contributed by atoms with E-state index in [1.165, 1.54) is 24.3 Å². The SMILES string of the molecule is C#C[C@@H](/C=C/C)OC(=O)c1ccccc1C(=O)O. The average molecular weight is 244 g/mol. The Balaban J connectivity index is 2.98. The monoisotopic (exact) mass is 244 g/mol. The first-order valence-electron chi connectivity index (χ1n) is 5.22. The Kier molecular flexibility index (Phi) is 4.70. The Bertz CT molecular complexity index is 523. The molecule has 0 aliphatic carbocycles. The highest BCUT2D eigenvalue weighted by Crippen LogP contribution is 2.11. The van der Waals surface area contributed by atoms with Crippen molar-refractivity contribution in [1.29, 1.82) is 0 Å². The van der Waals surface area contributed by atoms with Gasteiger partial charge in [-0.2, -0.15) is 0 Å². The van der Waals surface area contributed by atoms with Crippen LogP contribution in [0.1, 0.15) is 27.6 Å². The van der Waals surface area contributed by atoms with Crippen molar-refractivity contribution in [2.24, 2.45) is 0 Å². The lowest BCUT2D eigenvalue weighted by Crippen LogP contribution is -2.17. The van der Waals surface area contributed by atoms with Gasteiger partial charge in [-0.3, -0.25) is 0 Å². The molecule has 1 aromatic carbocycles. The normalized spacial score (nSPS) is 11.8. The van der Waals surface area contributed by atoms with Gasteiger partial charge < -0.3 is 9.84 Å². The molecule has 1 aromatic rings. The Hall–Kier alpha value is -2.54. The topological polar surface area (TPSA) is 63.6 Å². The van der Waals surface area contributed by atoms with E-state index in [1.807, 2.05) is 0 Å². The summed E-state index contributed by atoms with van der Waals surface area (Å²) in [6.45, 7) is 1.74. The van der Waals surface area contributed by atoms with E-state index >= 15 is 0 Å². The Morgan fingerprint density at radius 1 is 1.39 bits per heavy atom. The second-order valence-corrected chi connectivity index (χ2v) is 3.37. The molecule has 0 saturated carbocycles. The van der Waals surface area contributed by atoms with Gasteiger partial charge in [-0.15, -0.1) is 6.42 Å². The van der Waals surface area contributed by atoms with E-state index in [0.717, 1.165) is 0 Å². The second-order valence-electron chi connectivity index (χ2n) is 3.37. The van der Waals surface area contributed by atoms with E-state index in [2.05, 4.69) is 5.92 Å². The van der Waals surface area contributed by atoms with E-state index in [9.17, 15) is 9.59 Å². The number of rotatable bonds is 4. The van der Waals surface area contributed by atoms with Gasteiger partial charge in [-0.25, -0.2) is 9.59 Å². The summed E-state index contributed by atoms with van der Waals surface area (Å²) in [5, 5.41) is 8.95. The van der Waals surface area contributed by atoms with Gasteiger partial charge in [0.15, 0.2) is 6.10 Å². The van der Waals surface area contributed by atoms with Gasteiger partial charge in [0.2, 0.25) is 0 Å². The molecule has 0 aliphatic heterocycles. The molecule has 92 valence electrons. The molecule has 0 bridgehead atoms. The molecular formula is C14H12O4. The quantitative estimate of drug-likeness (QED) is 0.500. The summed E-state index contributed by atoms with van der Waals surface area (Å²) in [5.41, 5.74) is -0.131. The Morgan fingerprint density at radius 3 is 2.50 bits per heavy atom. The van der Waals surface area contributed by atoms with Crippen LogP contribution in [0, 0.1) is 12.3 Å². The van der Waals surface area contributed by atoms with Gasteiger partial charge in [0.1, 0.15) is 0 Å². The standard InChI is InChI=1S/C14H12O4/c1-3-7-10(4-2)18-14(17)12-9-6-5-8-11(12)13(15)16/h2-3,5-10H,1H3,(H,15,16)/b7-3+/t10-/m0/s1. The fourth-order valence-electron chi connectivity index (χ4n) is 1.33. The molecule has 0 unspecified atom stereocenters. The number of carbonyl (C=O) groups is 2. The van der Waals surface area contributed by atoms with Crippen LogP contribution < -0.4 is 0 Å². The van der Waals surface area contributed by atoms with E-state index < -0.39 is 18.0 Å². The van der Waals surface area contributed by atoms with Crippen LogP contribution in [0.4, 0.5) is 0 Å². The lowest BCUT2D eigenvalue weighted by molar-refractivity contribution is 0.0465. The van der Waals surface area contributed by atoms with Crippen LogP contribution in [0.2, 0.25) is 0 Å². The number of aromatic carboxylic acids is 1. The number of carbonyl (C=O) groups excluding carboxylic acids is 1. The van der Waals surface area contributed by atoms with Gasteiger partial charge in [0, 0.05) is 0 Å². The van der Waals surface area contributed by atoms with E-state index in [-0.39, 0.29) is 11.1 Å². The number of benzene rings is 1. The lowest BCUT2D eigenvalue weighted by atomic mass is 10.1. The van der Waals surface area contributed by atoms with Gasteiger partial charge in [0.05, 0.1) is 11.1 Å². The maximum absolute atomic E-state index is 11.8. The molecule has 0 heterocycles. The van der Waals surface area contributed by atoms with Gasteiger partial charge in [-0.05, 0) is 25.1 Å². The number of carboxylic acids is 1. The predicted octanol–water partition coefficient (Wildman–Crippen LogP) is 2.12. The molecule has 18 heavy (non-hydrogen) atoms. The van der Waals surface area contributed by atoms with Crippen molar-refractivity contribution in [3.8, 4) is 12.3 Å². The number of esters is 1. The largest absolute Gasteiger partial charge is 0.478 e. The number of hydrogen-bond acceptors (Lipinski definition) is 3. The third kappa shape index (κ3) is 3.22. The molecule has 0 fully saturated rings. The summed E-state index contributed by atoms with van der Waals surface area (Å²) in [6.07, 6.45) is 7.57. The number of allylic oxidation sites excluding steroid dienone is 1. The predicted molar refractivity (Wildman–Crippen MR) is 66.3 cm³/mol. The average Bonchev–Trinajstić information content (AvgIpc) is 2.38. The highest BCUT2D eigenvalue weighted by molar-refractivity contribution is 6.02. The third-order valence-electron chi connectivity index (χ3n) is 2.14. The van der Waals surface area contributed by atoms with Crippen LogP contribution in [0.5, 0.6) is 0 Å². The van der Waals surface area contributed by atoms with Crippen molar-refractivity contribution in [2.75, 3.05) is 0 Å². The fraction of sp³-hybridized carbons (Fsp3) is 0.143. The zero-order valence-electron chi connectivity index (χ0n) is 9.79. The summed E-state index contributed by atoms with van der Waals surface area (Å²) in [4.78, 5) is 22.7. The van der Waals surface area contributed by atoms with E-state index in [4.69, 9.17) is 16.3 Å². The molecule has 0 aliphatic rings. The molecule has 4 nitrogen and oxygen atoms in total. The highest BCUT2D eigenvalue weighted by atomic mass is 16.5. The minimum absolute atomic E-state index is 0.0187. The van der Waals surface area contributed by atoms with Gasteiger partial charge in [0.25, 0.3) is 0 Å². The fourth-order valence-corrected chi connectivity index (χ4v) is 1.33. The van der Waals surface area contributed by atoms with Crippen molar-refractivity contribution in [3.05, 3.63) is 47.5 Å². The maximum Gasteiger partial charge on any atom is 0.340 e. The molecule has 1 rings (SSSR count). The van der Waals surface area contributed by atoms with E-state index in [1.54, 1.807) is 19.1 Å². The zero-order valence-corrected chi connectivity index (χ0v) is 9.79. The van der Waals surface area contributed by atoms with Gasteiger partial charge >= 0.3 is 11.9 Å². The molecule has 0 amide bonds. The van der Waals surface area contributed by atoms with Crippen molar-refractivity contribution >= 4 is 11.9 Å². The summed E-state index contributed by atoms with van der Waals surface area (Å²) in [6, 6.07) is 5.81. The number of terminal acetylenes is 1. The van der Waals surface area contributed by atoms with Crippen molar-refractivity contribution in [3.63, 3.8) is 0 Å². The minimum Gasteiger partial charge on any atom is -0.478 e. The molecule has 0 spiro atoms. The van der Waals surface area contributed by atoms with Crippen LogP contribution in [0.3, 0.4) is 0 Å². The number of hydrogen-bond donors (Lipinski definition) is 1.